The first-order chi connectivity index (χ1) is 12.0. The summed E-state index contributed by atoms with van der Waals surface area (Å²) in [5, 5.41) is 16.2. The Balaban J connectivity index is 1.64. The van der Waals surface area contributed by atoms with Gasteiger partial charge in [0.1, 0.15) is 6.54 Å². The molecule has 1 atom stereocenters. The van der Waals surface area contributed by atoms with Gasteiger partial charge in [-0.15, -0.1) is 10.2 Å². The number of carbonyl (C=O) groups excluding carboxylic acids is 1. The van der Waals surface area contributed by atoms with E-state index in [1.54, 1.807) is 30.3 Å². The molecule has 8 heteroatoms. The number of amides is 1. The van der Waals surface area contributed by atoms with Crippen molar-refractivity contribution in [2.75, 3.05) is 0 Å². The van der Waals surface area contributed by atoms with Crippen molar-refractivity contribution >= 4 is 29.1 Å². The van der Waals surface area contributed by atoms with Gasteiger partial charge in [0.15, 0.2) is 0 Å². The molecule has 0 aliphatic rings. The van der Waals surface area contributed by atoms with E-state index in [-0.39, 0.29) is 18.5 Å². The van der Waals surface area contributed by atoms with E-state index < -0.39 is 0 Å². The average Bonchev–Trinajstić information content (AvgIpc) is 3.04. The molecule has 0 saturated carbocycles. The lowest BCUT2D eigenvalue weighted by atomic mass is 10.1. The molecular formula is C17H15Cl2N5O. The Labute approximate surface area is 154 Å². The highest BCUT2D eigenvalue weighted by molar-refractivity contribution is 6.31. The number of tetrazole rings is 1. The van der Waals surface area contributed by atoms with Crippen molar-refractivity contribution in [3.63, 3.8) is 0 Å². The van der Waals surface area contributed by atoms with Gasteiger partial charge in [0.05, 0.1) is 6.04 Å². The predicted octanol–water partition coefficient (Wildman–Crippen LogP) is 3.52. The summed E-state index contributed by atoms with van der Waals surface area (Å²) >= 11 is 12.0. The molecule has 3 aromatic rings. The molecule has 1 N–H and O–H groups in total. The van der Waals surface area contributed by atoms with Crippen LogP contribution < -0.4 is 5.32 Å². The number of rotatable bonds is 5. The van der Waals surface area contributed by atoms with Gasteiger partial charge in [-0.1, -0.05) is 41.4 Å². The summed E-state index contributed by atoms with van der Waals surface area (Å²) in [6.45, 7) is 1.84. The zero-order chi connectivity index (χ0) is 17.8. The Kier molecular flexibility index (Phi) is 5.31. The highest BCUT2D eigenvalue weighted by atomic mass is 35.5. The summed E-state index contributed by atoms with van der Waals surface area (Å²) in [7, 11) is 0. The van der Waals surface area contributed by atoms with Crippen molar-refractivity contribution in [3.05, 3.63) is 64.1 Å². The summed E-state index contributed by atoms with van der Waals surface area (Å²) in [6, 6.07) is 14.2. The molecule has 0 radical (unpaired) electrons. The molecular weight excluding hydrogens is 361 g/mol. The molecule has 3 rings (SSSR count). The fourth-order valence-corrected chi connectivity index (χ4v) is 2.77. The summed E-state index contributed by atoms with van der Waals surface area (Å²) in [6.07, 6.45) is 0. The van der Waals surface area contributed by atoms with Crippen LogP contribution in [0.4, 0.5) is 0 Å². The minimum Gasteiger partial charge on any atom is -0.348 e. The maximum Gasteiger partial charge on any atom is 0.244 e. The molecule has 0 saturated heterocycles. The van der Waals surface area contributed by atoms with Crippen LogP contribution in [0.2, 0.25) is 10.0 Å². The van der Waals surface area contributed by atoms with Crippen molar-refractivity contribution in [1.82, 2.24) is 25.5 Å². The lowest BCUT2D eigenvalue weighted by Gasteiger charge is -2.15. The number of aromatic nitrogens is 4. The molecule has 0 aliphatic carbocycles. The monoisotopic (exact) mass is 375 g/mol. The van der Waals surface area contributed by atoms with Crippen LogP contribution in [-0.2, 0) is 11.3 Å². The third-order valence-electron chi connectivity index (χ3n) is 3.59. The maximum absolute atomic E-state index is 12.2. The smallest absolute Gasteiger partial charge is 0.244 e. The third-order valence-corrected chi connectivity index (χ3v) is 4.19. The van der Waals surface area contributed by atoms with Gasteiger partial charge in [-0.25, -0.2) is 0 Å². The first-order valence-corrected chi connectivity index (χ1v) is 8.36. The predicted molar refractivity (Wildman–Crippen MR) is 96.3 cm³/mol. The zero-order valence-corrected chi connectivity index (χ0v) is 14.9. The van der Waals surface area contributed by atoms with Gasteiger partial charge in [-0.3, -0.25) is 4.79 Å². The number of carbonyl (C=O) groups is 1. The van der Waals surface area contributed by atoms with Crippen LogP contribution in [0.3, 0.4) is 0 Å². The van der Waals surface area contributed by atoms with E-state index in [4.69, 9.17) is 23.2 Å². The van der Waals surface area contributed by atoms with E-state index in [0.29, 0.717) is 15.9 Å². The maximum atomic E-state index is 12.2. The highest BCUT2D eigenvalue weighted by Gasteiger charge is 2.14. The average molecular weight is 376 g/mol. The SMILES string of the molecule is CC(NC(=O)Cn1nnc(-c2ccc(Cl)cc2)n1)c1ccccc1Cl. The Morgan fingerprint density at radius 2 is 1.88 bits per heavy atom. The second-order valence-electron chi connectivity index (χ2n) is 5.46. The highest BCUT2D eigenvalue weighted by Crippen LogP contribution is 2.22. The number of halogens is 2. The lowest BCUT2D eigenvalue weighted by molar-refractivity contribution is -0.122. The fraction of sp³-hybridized carbons (Fsp3) is 0.176. The minimum absolute atomic E-state index is 0.0324. The standard InChI is InChI=1S/C17H15Cl2N5O/c1-11(14-4-2-3-5-15(14)19)20-16(25)10-24-22-17(21-23-24)12-6-8-13(18)9-7-12/h2-9,11H,10H2,1H3,(H,20,25). The van der Waals surface area contributed by atoms with Crippen LogP contribution in [0.5, 0.6) is 0 Å². The molecule has 1 amide bonds. The van der Waals surface area contributed by atoms with Crippen LogP contribution in [0.25, 0.3) is 11.4 Å². The van der Waals surface area contributed by atoms with Crippen molar-refractivity contribution in [2.24, 2.45) is 0 Å². The molecule has 25 heavy (non-hydrogen) atoms. The number of benzene rings is 2. The molecule has 1 aromatic heterocycles. The van der Waals surface area contributed by atoms with Gasteiger partial charge in [-0.05, 0) is 48.0 Å². The Morgan fingerprint density at radius 3 is 2.60 bits per heavy atom. The first-order valence-electron chi connectivity index (χ1n) is 7.60. The quantitative estimate of drug-likeness (QED) is 0.740. The molecule has 1 heterocycles. The number of hydrogen-bond donors (Lipinski definition) is 1. The fourth-order valence-electron chi connectivity index (χ4n) is 2.34. The van der Waals surface area contributed by atoms with Gasteiger partial charge in [0.25, 0.3) is 0 Å². The normalized spacial score (nSPS) is 12.0. The van der Waals surface area contributed by atoms with Gasteiger partial charge in [0, 0.05) is 15.6 Å². The van der Waals surface area contributed by atoms with Gasteiger partial charge >= 0.3 is 0 Å². The number of hydrogen-bond acceptors (Lipinski definition) is 4. The van der Waals surface area contributed by atoms with E-state index in [1.807, 2.05) is 25.1 Å². The third kappa shape index (κ3) is 4.35. The van der Waals surface area contributed by atoms with Crippen LogP contribution >= 0.6 is 23.2 Å². The topological polar surface area (TPSA) is 72.7 Å². The first kappa shape index (κ1) is 17.4. The van der Waals surface area contributed by atoms with Crippen molar-refractivity contribution in [2.45, 2.75) is 19.5 Å². The van der Waals surface area contributed by atoms with Crippen LogP contribution in [0.1, 0.15) is 18.5 Å². The Hall–Kier alpha value is -2.44. The van der Waals surface area contributed by atoms with E-state index in [0.717, 1.165) is 11.1 Å². The second kappa shape index (κ2) is 7.63. The van der Waals surface area contributed by atoms with E-state index >= 15 is 0 Å². The largest absolute Gasteiger partial charge is 0.348 e. The van der Waals surface area contributed by atoms with E-state index in [9.17, 15) is 4.79 Å². The molecule has 2 aromatic carbocycles. The summed E-state index contributed by atoms with van der Waals surface area (Å²) in [4.78, 5) is 13.4. The molecule has 0 spiro atoms. The van der Waals surface area contributed by atoms with Crippen molar-refractivity contribution in [1.29, 1.82) is 0 Å². The van der Waals surface area contributed by atoms with E-state index in [1.165, 1.54) is 4.80 Å². The van der Waals surface area contributed by atoms with Crippen molar-refractivity contribution in [3.8, 4) is 11.4 Å². The summed E-state index contributed by atoms with van der Waals surface area (Å²) in [5.41, 5.74) is 1.63. The molecule has 1 unspecified atom stereocenters. The molecule has 128 valence electrons. The summed E-state index contributed by atoms with van der Waals surface area (Å²) < 4.78 is 0. The summed E-state index contributed by atoms with van der Waals surface area (Å²) in [5.74, 6) is 0.205. The number of nitrogens with one attached hydrogen (secondary N) is 1. The molecule has 0 aliphatic heterocycles. The minimum atomic E-state index is -0.229. The Morgan fingerprint density at radius 1 is 1.16 bits per heavy atom. The van der Waals surface area contributed by atoms with Crippen LogP contribution in [-0.4, -0.2) is 26.1 Å². The van der Waals surface area contributed by atoms with Gasteiger partial charge in [0.2, 0.25) is 11.7 Å². The molecule has 0 bridgehead atoms. The van der Waals surface area contributed by atoms with Crippen molar-refractivity contribution < 1.29 is 4.79 Å². The zero-order valence-electron chi connectivity index (χ0n) is 13.4. The van der Waals surface area contributed by atoms with Gasteiger partial charge < -0.3 is 5.32 Å². The lowest BCUT2D eigenvalue weighted by Crippen LogP contribution is -2.31. The van der Waals surface area contributed by atoms with E-state index in [2.05, 4.69) is 20.7 Å². The Bertz CT molecular complexity index is 879. The van der Waals surface area contributed by atoms with Crippen LogP contribution in [0.15, 0.2) is 48.5 Å². The second-order valence-corrected chi connectivity index (χ2v) is 6.30. The molecule has 6 nitrogen and oxygen atoms in total. The van der Waals surface area contributed by atoms with Crippen LogP contribution in [0, 0.1) is 0 Å². The van der Waals surface area contributed by atoms with Gasteiger partial charge in [-0.2, -0.15) is 4.80 Å². The number of nitrogens with zero attached hydrogens (tertiary/aromatic N) is 4. The molecule has 0 fully saturated rings.